The van der Waals surface area contributed by atoms with Crippen molar-refractivity contribution in [2.75, 3.05) is 6.61 Å². The summed E-state index contributed by atoms with van der Waals surface area (Å²) in [5.74, 6) is -0.0774. The largest absolute Gasteiger partial charge is 0.485 e. The van der Waals surface area contributed by atoms with Gasteiger partial charge in [-0.3, -0.25) is 4.79 Å². The molecule has 0 amide bonds. The highest BCUT2D eigenvalue weighted by Crippen LogP contribution is 2.21. The molecular formula is C17H13FO3. The minimum Gasteiger partial charge on any atom is -0.485 e. The van der Waals surface area contributed by atoms with Gasteiger partial charge in [0.1, 0.15) is 17.1 Å². The van der Waals surface area contributed by atoms with Crippen molar-refractivity contribution in [2.45, 2.75) is 6.92 Å². The van der Waals surface area contributed by atoms with E-state index < -0.39 is 5.82 Å². The fourth-order valence-electron chi connectivity index (χ4n) is 2.06. The third kappa shape index (κ3) is 2.79. The molecule has 0 saturated heterocycles. The monoisotopic (exact) mass is 284 g/mol. The molecule has 4 heteroatoms. The number of aryl methyl sites for hydroxylation is 1. The van der Waals surface area contributed by atoms with Gasteiger partial charge in [0.2, 0.25) is 5.78 Å². The van der Waals surface area contributed by atoms with E-state index in [-0.39, 0.29) is 18.2 Å². The second kappa shape index (κ2) is 5.40. The molecule has 0 radical (unpaired) electrons. The summed E-state index contributed by atoms with van der Waals surface area (Å²) in [7, 11) is 0. The van der Waals surface area contributed by atoms with Crippen molar-refractivity contribution in [3.05, 3.63) is 65.7 Å². The quantitative estimate of drug-likeness (QED) is 0.676. The summed E-state index contributed by atoms with van der Waals surface area (Å²) >= 11 is 0. The number of Topliss-reactive ketones (excluding diaryl/α,β-unsaturated/α-hetero) is 1. The van der Waals surface area contributed by atoms with Crippen LogP contribution in [-0.2, 0) is 0 Å². The number of halogens is 1. The molecule has 0 fully saturated rings. The van der Waals surface area contributed by atoms with Crippen LogP contribution in [0.15, 0.2) is 52.9 Å². The van der Waals surface area contributed by atoms with Gasteiger partial charge in [0.25, 0.3) is 0 Å². The number of hydrogen-bond acceptors (Lipinski definition) is 3. The third-order valence-electron chi connectivity index (χ3n) is 3.21. The molecule has 0 spiro atoms. The lowest BCUT2D eigenvalue weighted by Gasteiger charge is -2.07. The van der Waals surface area contributed by atoms with E-state index in [1.807, 2.05) is 18.2 Å². The van der Waals surface area contributed by atoms with Gasteiger partial charge in [0.15, 0.2) is 12.4 Å². The predicted octanol–water partition coefficient (Wildman–Crippen LogP) is 4.14. The molecule has 21 heavy (non-hydrogen) atoms. The molecule has 1 aromatic heterocycles. The Labute approximate surface area is 120 Å². The summed E-state index contributed by atoms with van der Waals surface area (Å²) in [6.45, 7) is 1.60. The Morgan fingerprint density at radius 1 is 1.19 bits per heavy atom. The topological polar surface area (TPSA) is 39.4 Å². The number of para-hydroxylation sites is 1. The third-order valence-corrected chi connectivity index (χ3v) is 3.21. The number of rotatable bonds is 4. The Kier molecular flexibility index (Phi) is 3.44. The Morgan fingerprint density at radius 3 is 2.81 bits per heavy atom. The molecule has 2 aromatic carbocycles. The number of hydrogen-bond donors (Lipinski definition) is 0. The van der Waals surface area contributed by atoms with Gasteiger partial charge >= 0.3 is 0 Å². The molecule has 1 heterocycles. The first-order chi connectivity index (χ1) is 10.1. The van der Waals surface area contributed by atoms with Gasteiger partial charge in [-0.15, -0.1) is 0 Å². The molecule has 0 atom stereocenters. The Bertz CT molecular complexity index is 772. The van der Waals surface area contributed by atoms with Gasteiger partial charge in [-0.2, -0.15) is 0 Å². The first-order valence-corrected chi connectivity index (χ1v) is 6.54. The van der Waals surface area contributed by atoms with Gasteiger partial charge in [0.05, 0.1) is 0 Å². The number of carbonyl (C=O) groups excluding carboxylic acids is 1. The van der Waals surface area contributed by atoms with Gasteiger partial charge < -0.3 is 9.15 Å². The van der Waals surface area contributed by atoms with E-state index in [0.29, 0.717) is 11.3 Å². The van der Waals surface area contributed by atoms with E-state index in [2.05, 4.69) is 0 Å². The van der Waals surface area contributed by atoms with Gasteiger partial charge in [-0.25, -0.2) is 4.39 Å². The zero-order chi connectivity index (χ0) is 14.8. The zero-order valence-corrected chi connectivity index (χ0v) is 11.4. The Balaban J connectivity index is 1.75. The normalized spacial score (nSPS) is 10.8. The number of ether oxygens (including phenoxy) is 1. The van der Waals surface area contributed by atoms with Crippen molar-refractivity contribution >= 4 is 16.8 Å². The van der Waals surface area contributed by atoms with Crippen molar-refractivity contribution < 1.29 is 18.3 Å². The first-order valence-electron chi connectivity index (χ1n) is 6.54. The molecule has 3 nitrogen and oxygen atoms in total. The SMILES string of the molecule is Cc1ccc(F)cc1OCC(=O)c1cc2ccccc2o1. The van der Waals surface area contributed by atoms with Crippen molar-refractivity contribution in [1.82, 2.24) is 0 Å². The van der Waals surface area contributed by atoms with Crippen LogP contribution in [0, 0.1) is 12.7 Å². The minimum atomic E-state index is -0.396. The Hall–Kier alpha value is -2.62. The van der Waals surface area contributed by atoms with Crippen LogP contribution in [0.2, 0.25) is 0 Å². The van der Waals surface area contributed by atoms with Crippen molar-refractivity contribution in [3.8, 4) is 5.75 Å². The fraction of sp³-hybridized carbons (Fsp3) is 0.118. The van der Waals surface area contributed by atoms with Crippen LogP contribution in [0.4, 0.5) is 4.39 Å². The van der Waals surface area contributed by atoms with Crippen LogP contribution in [0.1, 0.15) is 16.1 Å². The van der Waals surface area contributed by atoms with E-state index in [9.17, 15) is 9.18 Å². The van der Waals surface area contributed by atoms with Crippen molar-refractivity contribution in [2.24, 2.45) is 0 Å². The summed E-state index contributed by atoms with van der Waals surface area (Å²) < 4.78 is 24.0. The lowest BCUT2D eigenvalue weighted by Crippen LogP contribution is -2.11. The van der Waals surface area contributed by atoms with E-state index in [4.69, 9.17) is 9.15 Å². The molecule has 0 saturated carbocycles. The number of ketones is 1. The fourth-order valence-corrected chi connectivity index (χ4v) is 2.06. The van der Waals surface area contributed by atoms with Gasteiger partial charge in [-0.05, 0) is 30.7 Å². The highest BCUT2D eigenvalue weighted by molar-refractivity contribution is 5.98. The lowest BCUT2D eigenvalue weighted by atomic mass is 10.2. The van der Waals surface area contributed by atoms with Crippen LogP contribution in [-0.4, -0.2) is 12.4 Å². The molecule has 0 bridgehead atoms. The van der Waals surface area contributed by atoms with E-state index in [0.717, 1.165) is 10.9 Å². The van der Waals surface area contributed by atoms with Crippen molar-refractivity contribution in [3.63, 3.8) is 0 Å². The minimum absolute atomic E-state index is 0.190. The Morgan fingerprint density at radius 2 is 2.00 bits per heavy atom. The molecule has 0 aliphatic heterocycles. The first kappa shape index (κ1) is 13.4. The molecule has 106 valence electrons. The molecular weight excluding hydrogens is 271 g/mol. The summed E-state index contributed by atoms with van der Waals surface area (Å²) in [5.41, 5.74) is 1.43. The van der Waals surface area contributed by atoms with E-state index >= 15 is 0 Å². The second-order valence-corrected chi connectivity index (χ2v) is 4.77. The predicted molar refractivity (Wildman–Crippen MR) is 77.2 cm³/mol. The van der Waals surface area contributed by atoms with Crippen LogP contribution >= 0.6 is 0 Å². The smallest absolute Gasteiger partial charge is 0.235 e. The molecule has 0 N–H and O–H groups in total. The zero-order valence-electron chi connectivity index (χ0n) is 11.4. The maximum Gasteiger partial charge on any atom is 0.235 e. The summed E-state index contributed by atoms with van der Waals surface area (Å²) in [6.07, 6.45) is 0. The molecule has 3 aromatic rings. The van der Waals surface area contributed by atoms with Crippen LogP contribution in [0.25, 0.3) is 11.0 Å². The summed E-state index contributed by atoms with van der Waals surface area (Å²) in [4.78, 5) is 12.1. The number of carbonyl (C=O) groups is 1. The van der Waals surface area contributed by atoms with E-state index in [1.54, 1.807) is 25.1 Å². The second-order valence-electron chi connectivity index (χ2n) is 4.77. The standard InChI is InChI=1S/C17H13FO3/c1-11-6-7-13(18)9-16(11)20-10-14(19)17-8-12-4-2-3-5-15(12)21-17/h2-9H,10H2,1H3. The number of fused-ring (bicyclic) bond motifs is 1. The van der Waals surface area contributed by atoms with Gasteiger partial charge in [-0.1, -0.05) is 24.3 Å². The van der Waals surface area contributed by atoms with Crippen LogP contribution < -0.4 is 4.74 Å². The lowest BCUT2D eigenvalue weighted by molar-refractivity contribution is 0.0895. The molecule has 0 aliphatic carbocycles. The van der Waals surface area contributed by atoms with Crippen LogP contribution in [0.3, 0.4) is 0 Å². The average molecular weight is 284 g/mol. The summed E-state index contributed by atoms with van der Waals surface area (Å²) in [5, 5.41) is 0.864. The number of furan rings is 1. The average Bonchev–Trinajstić information content (AvgIpc) is 2.92. The van der Waals surface area contributed by atoms with Crippen molar-refractivity contribution in [1.29, 1.82) is 0 Å². The highest BCUT2D eigenvalue weighted by Gasteiger charge is 2.13. The maximum absolute atomic E-state index is 13.2. The molecule has 0 aliphatic rings. The molecule has 3 rings (SSSR count). The van der Waals surface area contributed by atoms with Gasteiger partial charge in [0, 0.05) is 11.5 Å². The highest BCUT2D eigenvalue weighted by atomic mass is 19.1. The molecule has 0 unspecified atom stereocenters. The van der Waals surface area contributed by atoms with Crippen LogP contribution in [0.5, 0.6) is 5.75 Å². The summed E-state index contributed by atoms with van der Waals surface area (Å²) in [6, 6.07) is 13.3. The maximum atomic E-state index is 13.2. The number of benzene rings is 2. The van der Waals surface area contributed by atoms with E-state index in [1.165, 1.54) is 12.1 Å².